The second kappa shape index (κ2) is 8.18. The highest BCUT2D eigenvalue weighted by molar-refractivity contribution is 7.99. The highest BCUT2D eigenvalue weighted by Gasteiger charge is 2.16. The lowest BCUT2D eigenvalue weighted by atomic mass is 10.2. The second-order valence-corrected chi connectivity index (χ2v) is 7.32. The number of aromatic nitrogens is 4. The highest BCUT2D eigenvalue weighted by atomic mass is 32.2. The third-order valence-corrected chi connectivity index (χ3v) is 5.20. The maximum Gasteiger partial charge on any atom is 0.196 e. The van der Waals surface area contributed by atoms with E-state index in [9.17, 15) is 0 Å². The van der Waals surface area contributed by atoms with Gasteiger partial charge in [-0.3, -0.25) is 9.55 Å². The molecule has 2 heterocycles. The number of nitrogens with zero attached hydrogens (tertiary/aromatic N) is 4. The van der Waals surface area contributed by atoms with Crippen LogP contribution in [-0.4, -0.2) is 25.5 Å². The smallest absolute Gasteiger partial charge is 0.196 e. The Hall–Kier alpha value is -2.92. The third-order valence-electron chi connectivity index (χ3n) is 4.27. The van der Waals surface area contributed by atoms with Gasteiger partial charge in [-0.1, -0.05) is 65.9 Å². The van der Waals surface area contributed by atoms with E-state index >= 15 is 0 Å². The normalized spacial score (nSPS) is 10.9. The zero-order chi connectivity index (χ0) is 18.5. The molecule has 27 heavy (non-hydrogen) atoms. The van der Waals surface area contributed by atoms with Crippen molar-refractivity contribution in [1.82, 2.24) is 19.7 Å². The summed E-state index contributed by atoms with van der Waals surface area (Å²) in [5, 5.41) is 9.86. The van der Waals surface area contributed by atoms with Gasteiger partial charge in [-0.2, -0.15) is 0 Å². The van der Waals surface area contributed by atoms with Crippen molar-refractivity contribution in [3.05, 3.63) is 90.3 Å². The van der Waals surface area contributed by atoms with Crippen LogP contribution in [0, 0.1) is 6.92 Å². The van der Waals surface area contributed by atoms with Gasteiger partial charge in [-0.15, -0.1) is 10.2 Å². The molecule has 0 amide bonds. The Labute approximate surface area is 163 Å². The molecule has 0 spiro atoms. The Bertz CT molecular complexity index is 996. The van der Waals surface area contributed by atoms with Gasteiger partial charge in [0, 0.05) is 28.9 Å². The van der Waals surface area contributed by atoms with Crippen molar-refractivity contribution >= 4 is 11.8 Å². The largest absolute Gasteiger partial charge is 0.270 e. The lowest BCUT2D eigenvalue weighted by molar-refractivity contribution is 0.883. The molecule has 2 aromatic heterocycles. The number of benzene rings is 2. The van der Waals surface area contributed by atoms with Crippen LogP contribution in [0.25, 0.3) is 17.1 Å². The summed E-state index contributed by atoms with van der Waals surface area (Å²) in [5.74, 6) is 1.76. The molecule has 4 rings (SSSR count). The van der Waals surface area contributed by atoms with Gasteiger partial charge in [0.1, 0.15) is 0 Å². The summed E-state index contributed by atoms with van der Waals surface area (Å²) in [6.45, 7) is 2.09. The molecule has 0 unspecified atom stereocenters. The Balaban J connectivity index is 1.64. The van der Waals surface area contributed by atoms with E-state index in [2.05, 4.69) is 69.1 Å². The molecule has 0 aliphatic carbocycles. The van der Waals surface area contributed by atoms with Crippen LogP contribution < -0.4 is 0 Å². The summed E-state index contributed by atoms with van der Waals surface area (Å²) in [6, 6.07) is 24.7. The quantitative estimate of drug-likeness (QED) is 0.448. The van der Waals surface area contributed by atoms with E-state index in [-0.39, 0.29) is 0 Å². The Kier molecular flexibility index (Phi) is 5.30. The molecule has 2 aromatic carbocycles. The van der Waals surface area contributed by atoms with E-state index in [1.165, 1.54) is 5.56 Å². The van der Waals surface area contributed by atoms with Crippen molar-refractivity contribution in [1.29, 1.82) is 0 Å². The fraction of sp³-hybridized carbons (Fsp3) is 0.136. The molecule has 4 aromatic rings. The first-order valence-electron chi connectivity index (χ1n) is 8.92. The summed E-state index contributed by atoms with van der Waals surface area (Å²) < 4.78 is 2.14. The van der Waals surface area contributed by atoms with Crippen molar-refractivity contribution in [2.45, 2.75) is 18.5 Å². The number of thioether (sulfide) groups is 1. The van der Waals surface area contributed by atoms with E-state index in [0.717, 1.165) is 40.1 Å². The Morgan fingerprint density at radius 2 is 1.63 bits per heavy atom. The monoisotopic (exact) mass is 372 g/mol. The van der Waals surface area contributed by atoms with E-state index in [1.54, 1.807) is 11.8 Å². The molecular formula is C22H20N4S. The van der Waals surface area contributed by atoms with Gasteiger partial charge in [0.2, 0.25) is 0 Å². The fourth-order valence-corrected chi connectivity index (χ4v) is 3.77. The minimum atomic E-state index is 0.861. The SMILES string of the molecule is Cc1ccc(-n2c(SCCc3ccccn3)nnc2-c2ccccc2)cc1. The Morgan fingerprint density at radius 3 is 2.37 bits per heavy atom. The zero-order valence-corrected chi connectivity index (χ0v) is 15.9. The first-order valence-corrected chi connectivity index (χ1v) is 9.90. The van der Waals surface area contributed by atoms with Gasteiger partial charge >= 0.3 is 0 Å². The average molecular weight is 372 g/mol. The molecule has 0 atom stereocenters. The van der Waals surface area contributed by atoms with Crippen LogP contribution in [0.4, 0.5) is 0 Å². The summed E-state index contributed by atoms with van der Waals surface area (Å²) in [7, 11) is 0. The lowest BCUT2D eigenvalue weighted by Crippen LogP contribution is -2.01. The van der Waals surface area contributed by atoms with Gasteiger partial charge < -0.3 is 0 Å². The van der Waals surface area contributed by atoms with Crippen LogP contribution in [0.2, 0.25) is 0 Å². The molecule has 0 aliphatic heterocycles. The van der Waals surface area contributed by atoms with Crippen LogP contribution >= 0.6 is 11.8 Å². The minimum absolute atomic E-state index is 0.861. The van der Waals surface area contributed by atoms with Gasteiger partial charge in [0.15, 0.2) is 11.0 Å². The molecule has 0 N–H and O–H groups in total. The van der Waals surface area contributed by atoms with Crippen molar-refractivity contribution < 1.29 is 0 Å². The molecule has 4 nitrogen and oxygen atoms in total. The molecule has 0 radical (unpaired) electrons. The third kappa shape index (κ3) is 4.09. The standard InChI is InChI=1S/C22H20N4S/c1-17-10-12-20(13-11-17)26-21(18-7-3-2-4-8-18)24-25-22(26)27-16-14-19-9-5-6-15-23-19/h2-13,15H,14,16H2,1H3. The highest BCUT2D eigenvalue weighted by Crippen LogP contribution is 2.28. The number of rotatable bonds is 6. The maximum absolute atomic E-state index is 4.49. The van der Waals surface area contributed by atoms with E-state index in [1.807, 2.05) is 36.5 Å². The van der Waals surface area contributed by atoms with Crippen molar-refractivity contribution in [3.63, 3.8) is 0 Å². The van der Waals surface area contributed by atoms with Gasteiger partial charge in [-0.25, -0.2) is 0 Å². The molecule has 0 aliphatic rings. The number of aryl methyl sites for hydroxylation is 2. The van der Waals surface area contributed by atoms with Crippen LogP contribution in [0.3, 0.4) is 0 Å². The molecule has 0 saturated carbocycles. The summed E-state index contributed by atoms with van der Waals surface area (Å²) in [6.07, 6.45) is 2.73. The Morgan fingerprint density at radius 1 is 0.852 bits per heavy atom. The summed E-state index contributed by atoms with van der Waals surface area (Å²) >= 11 is 1.71. The van der Waals surface area contributed by atoms with Gasteiger partial charge in [0.05, 0.1) is 0 Å². The number of hydrogen-bond acceptors (Lipinski definition) is 4. The maximum atomic E-state index is 4.49. The van der Waals surface area contributed by atoms with Crippen LogP contribution in [0.1, 0.15) is 11.3 Å². The van der Waals surface area contributed by atoms with Gasteiger partial charge in [-0.05, 0) is 37.6 Å². The minimum Gasteiger partial charge on any atom is -0.270 e. The molecule has 134 valence electrons. The predicted molar refractivity (Wildman–Crippen MR) is 110 cm³/mol. The van der Waals surface area contributed by atoms with Crippen LogP contribution in [0.15, 0.2) is 84.1 Å². The predicted octanol–water partition coefficient (Wildman–Crippen LogP) is 4.97. The molecule has 5 heteroatoms. The van der Waals surface area contributed by atoms with Gasteiger partial charge in [0.25, 0.3) is 0 Å². The first-order chi connectivity index (χ1) is 13.3. The average Bonchev–Trinajstić information content (AvgIpc) is 3.14. The van der Waals surface area contributed by atoms with Crippen LogP contribution in [-0.2, 0) is 6.42 Å². The zero-order valence-electron chi connectivity index (χ0n) is 15.1. The lowest BCUT2D eigenvalue weighted by Gasteiger charge is -2.10. The van der Waals surface area contributed by atoms with E-state index in [0.29, 0.717) is 0 Å². The van der Waals surface area contributed by atoms with Crippen molar-refractivity contribution in [2.24, 2.45) is 0 Å². The van der Waals surface area contributed by atoms with E-state index < -0.39 is 0 Å². The number of pyridine rings is 1. The fourth-order valence-electron chi connectivity index (χ4n) is 2.86. The topological polar surface area (TPSA) is 43.6 Å². The molecule has 0 saturated heterocycles. The van der Waals surface area contributed by atoms with Crippen molar-refractivity contribution in [2.75, 3.05) is 5.75 Å². The summed E-state index contributed by atoms with van der Waals surface area (Å²) in [4.78, 5) is 4.40. The molecule has 0 fully saturated rings. The number of hydrogen-bond donors (Lipinski definition) is 0. The molecule has 0 bridgehead atoms. The van der Waals surface area contributed by atoms with E-state index in [4.69, 9.17) is 0 Å². The van der Waals surface area contributed by atoms with Crippen LogP contribution in [0.5, 0.6) is 0 Å². The molecular weight excluding hydrogens is 352 g/mol. The second-order valence-electron chi connectivity index (χ2n) is 6.26. The first kappa shape index (κ1) is 17.5. The van der Waals surface area contributed by atoms with Crippen molar-refractivity contribution in [3.8, 4) is 17.1 Å². The summed E-state index contributed by atoms with van der Waals surface area (Å²) in [5.41, 5.74) is 4.46.